The zero-order chi connectivity index (χ0) is 17.7. The van der Waals surface area contributed by atoms with Crippen molar-refractivity contribution in [2.24, 2.45) is 0 Å². The summed E-state index contributed by atoms with van der Waals surface area (Å²) >= 11 is 0. The third-order valence-corrected chi connectivity index (χ3v) is 2.55. The lowest BCUT2D eigenvalue weighted by Gasteiger charge is -2.19. The number of unbranched alkanes of at least 4 members (excludes halogenated alkanes) is 1. The molecule has 1 atom stereocenters. The number of allylic oxidation sites excluding steroid dienone is 6. The maximum Gasteiger partial charge on any atom is 0.407 e. The van der Waals surface area contributed by atoms with E-state index in [2.05, 4.69) is 5.32 Å². The highest BCUT2D eigenvalue weighted by Gasteiger charge is 2.15. The molecule has 5 heteroatoms. The monoisotopic (exact) mass is 325 g/mol. The van der Waals surface area contributed by atoms with Crippen LogP contribution in [0.5, 0.6) is 0 Å². The van der Waals surface area contributed by atoms with Gasteiger partial charge in [0.1, 0.15) is 11.7 Å². The molecule has 1 amide bonds. The molecule has 132 valence electrons. The maximum atomic E-state index is 11.4. The molecular weight excluding hydrogens is 294 g/mol. The Labute approximate surface area is 140 Å². The normalized spacial score (nSPS) is 14.3. The number of nitrogens with one attached hydrogen (secondary N) is 1. The molecule has 0 saturated heterocycles. The maximum absolute atomic E-state index is 11.4. The molecule has 0 saturated carbocycles. The van der Waals surface area contributed by atoms with Crippen molar-refractivity contribution in [1.82, 2.24) is 5.32 Å². The fraction of sp³-hybridized carbons (Fsp3) is 0.611. The lowest BCUT2D eigenvalue weighted by atomic mass is 10.2. The number of alkyl carbamates (subject to hydrolysis) is 1. The fourth-order valence-electron chi connectivity index (χ4n) is 1.55. The molecule has 0 heterocycles. The van der Waals surface area contributed by atoms with Crippen LogP contribution in [0.1, 0.15) is 47.5 Å². The first-order chi connectivity index (χ1) is 10.7. The fourth-order valence-corrected chi connectivity index (χ4v) is 1.55. The molecule has 2 N–H and O–H groups in total. The van der Waals surface area contributed by atoms with Gasteiger partial charge in [-0.3, -0.25) is 0 Å². The lowest BCUT2D eigenvalue weighted by molar-refractivity contribution is 0.0527. The summed E-state index contributed by atoms with van der Waals surface area (Å²) in [5.74, 6) is 0.762. The molecule has 0 aromatic heterocycles. The molecule has 5 nitrogen and oxygen atoms in total. The van der Waals surface area contributed by atoms with Crippen molar-refractivity contribution in [3.8, 4) is 0 Å². The van der Waals surface area contributed by atoms with Crippen molar-refractivity contribution in [1.29, 1.82) is 0 Å². The zero-order valence-electron chi connectivity index (χ0n) is 15.0. The summed E-state index contributed by atoms with van der Waals surface area (Å²) in [4.78, 5) is 11.4. The van der Waals surface area contributed by atoms with Crippen molar-refractivity contribution in [2.75, 3.05) is 13.2 Å². The predicted octanol–water partition coefficient (Wildman–Crippen LogP) is 3.70. The Morgan fingerprint density at radius 1 is 1.26 bits per heavy atom. The summed E-state index contributed by atoms with van der Waals surface area (Å²) in [6, 6.07) is 0. The van der Waals surface area contributed by atoms with Gasteiger partial charge in [-0.2, -0.15) is 0 Å². The molecular formula is C18H31NO4. The summed E-state index contributed by atoms with van der Waals surface area (Å²) in [5, 5.41) is 11.6. The Balaban J connectivity index is 3.77. The molecule has 0 aromatic carbocycles. The SMILES string of the molecule is C\C(=C/C=C\C=C\CCCNC(=O)OC(C)(C)C)OC(C)CO. The van der Waals surface area contributed by atoms with Crippen LogP contribution in [-0.2, 0) is 9.47 Å². The Kier molecular flexibility index (Phi) is 10.9. The van der Waals surface area contributed by atoms with E-state index in [4.69, 9.17) is 14.6 Å². The quantitative estimate of drug-likeness (QED) is 0.385. The molecule has 0 aliphatic heterocycles. The first-order valence-corrected chi connectivity index (χ1v) is 7.99. The van der Waals surface area contributed by atoms with E-state index in [1.807, 2.05) is 65.0 Å². The van der Waals surface area contributed by atoms with Crippen LogP contribution in [0.3, 0.4) is 0 Å². The van der Waals surface area contributed by atoms with E-state index >= 15 is 0 Å². The smallest absolute Gasteiger partial charge is 0.407 e. The van der Waals surface area contributed by atoms with Crippen LogP contribution in [0.2, 0.25) is 0 Å². The van der Waals surface area contributed by atoms with Gasteiger partial charge in [-0.1, -0.05) is 24.3 Å². The number of aliphatic hydroxyl groups is 1. The van der Waals surface area contributed by atoms with Gasteiger partial charge in [-0.05, 0) is 53.5 Å². The summed E-state index contributed by atoms with van der Waals surface area (Å²) in [5.41, 5.74) is -0.459. The molecule has 0 radical (unpaired) electrons. The van der Waals surface area contributed by atoms with Gasteiger partial charge in [-0.15, -0.1) is 0 Å². The number of ether oxygens (including phenoxy) is 2. The van der Waals surface area contributed by atoms with E-state index in [0.717, 1.165) is 18.6 Å². The Morgan fingerprint density at radius 2 is 1.96 bits per heavy atom. The van der Waals surface area contributed by atoms with Crippen LogP contribution in [-0.4, -0.2) is 36.1 Å². The van der Waals surface area contributed by atoms with Crippen LogP contribution < -0.4 is 5.32 Å². The lowest BCUT2D eigenvalue weighted by Crippen LogP contribution is -2.32. The number of hydrogen-bond acceptors (Lipinski definition) is 4. The number of aliphatic hydroxyl groups excluding tert-OH is 1. The average molecular weight is 325 g/mol. The van der Waals surface area contributed by atoms with E-state index in [0.29, 0.717) is 6.54 Å². The van der Waals surface area contributed by atoms with Gasteiger partial charge in [0.2, 0.25) is 0 Å². The van der Waals surface area contributed by atoms with Crippen molar-refractivity contribution in [3.63, 3.8) is 0 Å². The van der Waals surface area contributed by atoms with E-state index < -0.39 is 5.60 Å². The van der Waals surface area contributed by atoms with Crippen LogP contribution in [0.25, 0.3) is 0 Å². The van der Waals surface area contributed by atoms with Gasteiger partial charge >= 0.3 is 6.09 Å². The summed E-state index contributed by atoms with van der Waals surface area (Å²) in [6.07, 6.45) is 10.8. The molecule has 0 rings (SSSR count). The second-order valence-corrected chi connectivity index (χ2v) is 6.27. The zero-order valence-corrected chi connectivity index (χ0v) is 15.0. The number of amides is 1. The number of rotatable bonds is 9. The number of carbonyl (C=O) groups excluding carboxylic acids is 1. The van der Waals surface area contributed by atoms with E-state index in [-0.39, 0.29) is 18.8 Å². The topological polar surface area (TPSA) is 67.8 Å². The minimum absolute atomic E-state index is 0.00608. The molecule has 0 aliphatic rings. The van der Waals surface area contributed by atoms with Crippen molar-refractivity contribution >= 4 is 6.09 Å². The van der Waals surface area contributed by atoms with Crippen LogP contribution in [0.15, 0.2) is 36.1 Å². The molecule has 0 bridgehead atoms. The third-order valence-electron chi connectivity index (χ3n) is 2.55. The van der Waals surface area contributed by atoms with Gasteiger partial charge < -0.3 is 19.9 Å². The molecule has 0 aliphatic carbocycles. The molecule has 23 heavy (non-hydrogen) atoms. The number of hydrogen-bond donors (Lipinski definition) is 2. The van der Waals surface area contributed by atoms with Gasteiger partial charge in [0, 0.05) is 6.54 Å². The summed E-state index contributed by atoms with van der Waals surface area (Å²) in [7, 11) is 0. The van der Waals surface area contributed by atoms with Crippen LogP contribution in [0.4, 0.5) is 4.79 Å². The van der Waals surface area contributed by atoms with Gasteiger partial charge in [0.05, 0.1) is 12.4 Å². The summed E-state index contributed by atoms with van der Waals surface area (Å²) in [6.45, 7) is 9.78. The molecule has 1 unspecified atom stereocenters. The predicted molar refractivity (Wildman–Crippen MR) is 93.1 cm³/mol. The Bertz CT molecular complexity index is 419. The molecule has 0 aromatic rings. The van der Waals surface area contributed by atoms with E-state index in [9.17, 15) is 4.79 Å². The third kappa shape index (κ3) is 14.9. The largest absolute Gasteiger partial charge is 0.493 e. The number of carbonyl (C=O) groups is 1. The minimum atomic E-state index is -0.459. The van der Waals surface area contributed by atoms with Crippen LogP contribution >= 0.6 is 0 Å². The first-order valence-electron chi connectivity index (χ1n) is 7.99. The van der Waals surface area contributed by atoms with Gasteiger partial charge in [0.25, 0.3) is 0 Å². The van der Waals surface area contributed by atoms with E-state index in [1.165, 1.54) is 0 Å². The highest BCUT2D eigenvalue weighted by Crippen LogP contribution is 2.06. The van der Waals surface area contributed by atoms with Crippen molar-refractivity contribution in [2.45, 2.75) is 59.2 Å². The van der Waals surface area contributed by atoms with Gasteiger partial charge in [0.15, 0.2) is 0 Å². The Hall–Kier alpha value is -1.75. The average Bonchev–Trinajstić information content (AvgIpc) is 2.43. The molecule has 0 fully saturated rings. The summed E-state index contributed by atoms with van der Waals surface area (Å²) < 4.78 is 10.5. The second-order valence-electron chi connectivity index (χ2n) is 6.27. The van der Waals surface area contributed by atoms with Crippen LogP contribution in [0, 0.1) is 0 Å². The van der Waals surface area contributed by atoms with Crippen molar-refractivity contribution in [3.05, 3.63) is 36.1 Å². The highest BCUT2D eigenvalue weighted by molar-refractivity contribution is 5.67. The van der Waals surface area contributed by atoms with Gasteiger partial charge in [-0.25, -0.2) is 4.79 Å². The van der Waals surface area contributed by atoms with Crippen molar-refractivity contribution < 1.29 is 19.4 Å². The second kappa shape index (κ2) is 11.8. The minimum Gasteiger partial charge on any atom is -0.493 e. The standard InChI is InChI=1S/C18H31NO4/c1-15(22-16(2)14-20)12-10-8-6-7-9-11-13-19-17(21)23-18(3,4)5/h6-8,10,12,16,20H,9,11,13-14H2,1-5H3,(H,19,21)/b7-6+,10-8-,15-12+. The van der Waals surface area contributed by atoms with E-state index in [1.54, 1.807) is 0 Å². The highest BCUT2D eigenvalue weighted by atomic mass is 16.6. The molecule has 0 spiro atoms. The first kappa shape index (κ1) is 21.2. The Morgan fingerprint density at radius 3 is 2.57 bits per heavy atom.